The molecule has 0 unspecified atom stereocenters. The zero-order chi connectivity index (χ0) is 15.9. The molecule has 2 aromatic carbocycles. The zero-order valence-corrected chi connectivity index (χ0v) is 11.4. The lowest BCUT2D eigenvalue weighted by Crippen LogP contribution is -2.03. The number of halogens is 2. The molecule has 0 saturated heterocycles. The summed E-state index contributed by atoms with van der Waals surface area (Å²) in [6.45, 7) is -2.93. The maximum atomic E-state index is 12.3. The zero-order valence-electron chi connectivity index (χ0n) is 11.4. The molecule has 0 aliphatic rings. The van der Waals surface area contributed by atoms with Gasteiger partial charge < -0.3 is 4.74 Å². The molecule has 0 spiro atoms. The highest BCUT2D eigenvalue weighted by Crippen LogP contribution is 2.21. The van der Waals surface area contributed by atoms with Gasteiger partial charge in [-0.3, -0.25) is 4.79 Å². The second kappa shape index (κ2) is 7.14. The number of allylic oxidation sites excluding steroid dienone is 1. The molecule has 0 bridgehead atoms. The molecular weight excluding hydrogens is 288 g/mol. The van der Waals surface area contributed by atoms with Crippen molar-refractivity contribution in [3.63, 3.8) is 0 Å². The van der Waals surface area contributed by atoms with Gasteiger partial charge in [0.05, 0.1) is 11.6 Å². The monoisotopic (exact) mass is 299 g/mol. The molecule has 2 rings (SSSR count). The summed E-state index contributed by atoms with van der Waals surface area (Å²) in [7, 11) is 0. The van der Waals surface area contributed by atoms with E-state index in [-0.39, 0.29) is 11.5 Å². The number of carbonyl (C=O) groups is 1. The number of nitrogens with zero attached hydrogens (tertiary/aromatic N) is 1. The topological polar surface area (TPSA) is 50.1 Å². The fourth-order valence-corrected chi connectivity index (χ4v) is 1.83. The van der Waals surface area contributed by atoms with Crippen LogP contribution in [0.4, 0.5) is 8.78 Å². The van der Waals surface area contributed by atoms with E-state index in [0.29, 0.717) is 16.7 Å². The Hall–Kier alpha value is -3.00. The molecule has 0 aromatic heterocycles. The highest BCUT2D eigenvalue weighted by Gasteiger charge is 2.08. The number of para-hydroxylation sites is 1. The maximum absolute atomic E-state index is 12.3. The molecule has 0 atom stereocenters. The number of hydrogen-bond donors (Lipinski definition) is 0. The van der Waals surface area contributed by atoms with Gasteiger partial charge in [-0.1, -0.05) is 30.3 Å². The average molecular weight is 299 g/mol. The Labute approximate surface area is 126 Å². The van der Waals surface area contributed by atoms with Gasteiger partial charge in [0.15, 0.2) is 5.78 Å². The predicted molar refractivity (Wildman–Crippen MR) is 77.6 cm³/mol. The van der Waals surface area contributed by atoms with Crippen molar-refractivity contribution in [2.45, 2.75) is 6.61 Å². The average Bonchev–Trinajstić information content (AvgIpc) is 2.53. The molecule has 0 aliphatic heterocycles. The minimum Gasteiger partial charge on any atom is -0.434 e. The van der Waals surface area contributed by atoms with Crippen LogP contribution in [0.1, 0.15) is 21.5 Å². The van der Waals surface area contributed by atoms with E-state index in [4.69, 9.17) is 5.26 Å². The van der Waals surface area contributed by atoms with Crippen molar-refractivity contribution >= 4 is 11.9 Å². The summed E-state index contributed by atoms with van der Waals surface area (Å²) in [6.07, 6.45) is 2.66. The number of ketones is 1. The number of benzene rings is 2. The van der Waals surface area contributed by atoms with Gasteiger partial charge >= 0.3 is 6.61 Å². The second-order valence-electron chi connectivity index (χ2n) is 4.31. The lowest BCUT2D eigenvalue weighted by Gasteiger charge is -2.07. The summed E-state index contributed by atoms with van der Waals surface area (Å²) in [5.41, 5.74) is 1.09. The van der Waals surface area contributed by atoms with Crippen LogP contribution in [-0.4, -0.2) is 12.4 Å². The van der Waals surface area contributed by atoms with Crippen molar-refractivity contribution in [1.82, 2.24) is 0 Å². The molecule has 22 heavy (non-hydrogen) atoms. The van der Waals surface area contributed by atoms with Gasteiger partial charge in [0.2, 0.25) is 0 Å². The molecule has 2 aromatic rings. The van der Waals surface area contributed by atoms with Gasteiger partial charge in [-0.15, -0.1) is 0 Å². The van der Waals surface area contributed by atoms with Crippen LogP contribution in [0, 0.1) is 11.3 Å². The Kier molecular flexibility index (Phi) is 4.99. The first-order valence-corrected chi connectivity index (χ1v) is 6.36. The summed E-state index contributed by atoms with van der Waals surface area (Å²) >= 11 is 0. The van der Waals surface area contributed by atoms with Crippen LogP contribution in [-0.2, 0) is 0 Å². The molecule has 0 N–H and O–H groups in total. The second-order valence-corrected chi connectivity index (χ2v) is 4.31. The predicted octanol–water partition coefficient (Wildman–Crippen LogP) is 4.06. The Morgan fingerprint density at radius 1 is 1.18 bits per heavy atom. The molecule has 0 radical (unpaired) electrons. The Bertz CT molecular complexity index is 748. The maximum Gasteiger partial charge on any atom is 0.387 e. The van der Waals surface area contributed by atoms with E-state index in [2.05, 4.69) is 4.74 Å². The summed E-state index contributed by atoms with van der Waals surface area (Å²) in [5, 5.41) is 8.81. The molecule has 0 amide bonds. The molecule has 0 fully saturated rings. The number of alkyl halides is 2. The molecule has 5 heteroatoms. The van der Waals surface area contributed by atoms with Crippen molar-refractivity contribution < 1.29 is 18.3 Å². The fraction of sp³-hybridized carbons (Fsp3) is 0.0588. The fourth-order valence-electron chi connectivity index (χ4n) is 1.83. The van der Waals surface area contributed by atoms with Crippen molar-refractivity contribution in [2.75, 3.05) is 0 Å². The van der Waals surface area contributed by atoms with Crippen LogP contribution in [0.2, 0.25) is 0 Å². The SMILES string of the molecule is N#Cc1cccc(C(=O)/C=C/c2ccccc2OC(F)F)c1. The van der Waals surface area contributed by atoms with Crippen LogP contribution in [0.5, 0.6) is 5.75 Å². The number of rotatable bonds is 5. The minimum absolute atomic E-state index is 0.00711. The summed E-state index contributed by atoms with van der Waals surface area (Å²) < 4.78 is 29.0. The van der Waals surface area contributed by atoms with Crippen molar-refractivity contribution in [1.29, 1.82) is 5.26 Å². The highest BCUT2D eigenvalue weighted by molar-refractivity contribution is 6.07. The molecular formula is C17H11F2NO2. The molecule has 0 heterocycles. The quantitative estimate of drug-likeness (QED) is 0.618. The van der Waals surface area contributed by atoms with E-state index in [1.54, 1.807) is 36.4 Å². The molecule has 0 aliphatic carbocycles. The first-order chi connectivity index (χ1) is 10.6. The van der Waals surface area contributed by atoms with Gasteiger partial charge in [0.25, 0.3) is 0 Å². The van der Waals surface area contributed by atoms with Crippen LogP contribution >= 0.6 is 0 Å². The normalized spacial score (nSPS) is 10.6. The van der Waals surface area contributed by atoms with Crippen LogP contribution in [0.3, 0.4) is 0 Å². The smallest absolute Gasteiger partial charge is 0.387 e. The van der Waals surface area contributed by atoms with Gasteiger partial charge in [0, 0.05) is 11.1 Å². The van der Waals surface area contributed by atoms with E-state index in [1.165, 1.54) is 24.3 Å². The van der Waals surface area contributed by atoms with Gasteiger partial charge in [0.1, 0.15) is 5.75 Å². The van der Waals surface area contributed by atoms with Gasteiger partial charge in [-0.2, -0.15) is 14.0 Å². The van der Waals surface area contributed by atoms with Gasteiger partial charge in [-0.05, 0) is 30.4 Å². The minimum atomic E-state index is -2.93. The number of nitriles is 1. The Balaban J connectivity index is 2.21. The molecule has 0 saturated carbocycles. The van der Waals surface area contributed by atoms with Crippen LogP contribution in [0.15, 0.2) is 54.6 Å². The van der Waals surface area contributed by atoms with E-state index < -0.39 is 6.61 Å². The first kappa shape index (κ1) is 15.4. The lowest BCUT2D eigenvalue weighted by molar-refractivity contribution is -0.0499. The standard InChI is InChI=1S/C17H11F2NO2/c18-17(19)22-16-7-2-1-5-13(16)8-9-15(21)14-6-3-4-12(10-14)11-20/h1-10,17H/b9-8+. The molecule has 110 valence electrons. The van der Waals surface area contributed by atoms with E-state index in [0.717, 1.165) is 0 Å². The summed E-state index contributed by atoms with van der Waals surface area (Å²) in [5.74, 6) is -0.337. The van der Waals surface area contributed by atoms with E-state index >= 15 is 0 Å². The number of carbonyl (C=O) groups excluding carboxylic acids is 1. The molecule has 3 nitrogen and oxygen atoms in total. The van der Waals surface area contributed by atoms with Crippen molar-refractivity contribution in [3.8, 4) is 11.8 Å². The third-order valence-electron chi connectivity index (χ3n) is 2.83. The van der Waals surface area contributed by atoms with Crippen LogP contribution in [0.25, 0.3) is 6.08 Å². The van der Waals surface area contributed by atoms with E-state index in [1.807, 2.05) is 6.07 Å². The Morgan fingerprint density at radius 2 is 1.95 bits per heavy atom. The van der Waals surface area contributed by atoms with Crippen molar-refractivity contribution in [3.05, 3.63) is 71.3 Å². The number of hydrogen-bond acceptors (Lipinski definition) is 3. The lowest BCUT2D eigenvalue weighted by atomic mass is 10.1. The van der Waals surface area contributed by atoms with Crippen LogP contribution < -0.4 is 4.74 Å². The Morgan fingerprint density at radius 3 is 2.68 bits per heavy atom. The summed E-state index contributed by atoms with van der Waals surface area (Å²) in [6, 6.07) is 14.4. The first-order valence-electron chi connectivity index (χ1n) is 6.36. The highest BCUT2D eigenvalue weighted by atomic mass is 19.3. The van der Waals surface area contributed by atoms with E-state index in [9.17, 15) is 13.6 Å². The summed E-state index contributed by atoms with van der Waals surface area (Å²) in [4.78, 5) is 12.0. The number of ether oxygens (including phenoxy) is 1. The third kappa shape index (κ3) is 4.00. The largest absolute Gasteiger partial charge is 0.434 e. The van der Waals surface area contributed by atoms with Gasteiger partial charge in [-0.25, -0.2) is 0 Å². The third-order valence-corrected chi connectivity index (χ3v) is 2.83. The van der Waals surface area contributed by atoms with Crippen molar-refractivity contribution in [2.24, 2.45) is 0 Å².